The molecule has 4 rings (SSSR count). The van der Waals surface area contributed by atoms with Crippen molar-refractivity contribution < 1.29 is 24.0 Å². The molecule has 196 valence electrons. The van der Waals surface area contributed by atoms with E-state index in [1.807, 2.05) is 0 Å². The van der Waals surface area contributed by atoms with E-state index in [-0.39, 0.29) is 33.4 Å². The van der Waals surface area contributed by atoms with Crippen molar-refractivity contribution in [2.24, 2.45) is 5.73 Å². The highest BCUT2D eigenvalue weighted by Crippen LogP contribution is 2.44. The minimum absolute atomic E-state index is 0.0210. The summed E-state index contributed by atoms with van der Waals surface area (Å²) in [5, 5.41) is 21.8. The number of aromatic nitrogens is 1. The number of hydrogen-bond donors (Lipinski definition) is 1. The number of esters is 2. The summed E-state index contributed by atoms with van der Waals surface area (Å²) >= 11 is 1.03. The van der Waals surface area contributed by atoms with Gasteiger partial charge in [-0.25, -0.2) is 14.6 Å². The molecule has 1 unspecified atom stereocenters. The Morgan fingerprint density at radius 3 is 2.44 bits per heavy atom. The van der Waals surface area contributed by atoms with Gasteiger partial charge in [-0.3, -0.25) is 15.0 Å². The Labute approximate surface area is 227 Å². The molecular weight excluding hydrogens is 522 g/mol. The van der Waals surface area contributed by atoms with Crippen LogP contribution in [0.15, 0.2) is 106 Å². The molecule has 3 aromatic rings. The lowest BCUT2D eigenvalue weighted by molar-refractivity contribution is -0.388. The molecule has 0 radical (unpaired) electrons. The normalized spacial score (nSPS) is 15.0. The number of nitro groups is 1. The summed E-state index contributed by atoms with van der Waals surface area (Å²) in [6, 6.07) is 20.1. The number of nitrogens with zero attached hydrogens (tertiary/aromatic N) is 4. The average Bonchev–Trinajstić information content (AvgIpc) is 2.96. The topological polar surface area (TPSA) is 162 Å². The maximum absolute atomic E-state index is 13.2. The van der Waals surface area contributed by atoms with Gasteiger partial charge in [-0.05, 0) is 29.8 Å². The fourth-order valence-electron chi connectivity index (χ4n) is 4.18. The van der Waals surface area contributed by atoms with Crippen LogP contribution in [-0.4, -0.2) is 36.1 Å². The smallest absolute Gasteiger partial charge is 0.355 e. The molecule has 2 aromatic carbocycles. The molecule has 11 nitrogen and oxygen atoms in total. The van der Waals surface area contributed by atoms with E-state index < -0.39 is 22.8 Å². The van der Waals surface area contributed by atoms with E-state index in [1.165, 1.54) is 30.3 Å². The van der Waals surface area contributed by atoms with E-state index >= 15 is 0 Å². The van der Waals surface area contributed by atoms with Crippen LogP contribution < -0.4 is 10.6 Å². The number of methoxy groups -OCH3 is 2. The third kappa shape index (κ3) is 5.16. The molecule has 2 heterocycles. The summed E-state index contributed by atoms with van der Waals surface area (Å²) in [6.45, 7) is 0. The molecule has 1 atom stereocenters. The molecule has 0 aliphatic carbocycles. The van der Waals surface area contributed by atoms with Crippen LogP contribution in [0.1, 0.15) is 11.5 Å². The number of allylic oxidation sites excluding steroid dienone is 1. The number of benzene rings is 2. The van der Waals surface area contributed by atoms with Crippen molar-refractivity contribution in [1.29, 1.82) is 5.26 Å². The number of rotatable bonds is 7. The van der Waals surface area contributed by atoms with Gasteiger partial charge in [0.2, 0.25) is 0 Å². The number of ether oxygens (including phenoxy) is 2. The van der Waals surface area contributed by atoms with Gasteiger partial charge >= 0.3 is 17.6 Å². The number of carbonyl (C=O) groups is 2. The molecule has 0 saturated heterocycles. The van der Waals surface area contributed by atoms with Gasteiger partial charge in [-0.2, -0.15) is 5.26 Å². The molecule has 1 aliphatic heterocycles. The first-order chi connectivity index (χ1) is 18.8. The van der Waals surface area contributed by atoms with Gasteiger partial charge in [0.1, 0.15) is 11.5 Å². The molecule has 39 heavy (non-hydrogen) atoms. The molecule has 0 fully saturated rings. The molecule has 12 heteroatoms. The van der Waals surface area contributed by atoms with Crippen molar-refractivity contribution in [3.8, 4) is 6.07 Å². The first kappa shape index (κ1) is 26.9. The molecule has 2 N–H and O–H groups in total. The van der Waals surface area contributed by atoms with Crippen molar-refractivity contribution in [1.82, 2.24) is 4.98 Å². The zero-order valence-corrected chi connectivity index (χ0v) is 21.5. The van der Waals surface area contributed by atoms with E-state index in [2.05, 4.69) is 11.1 Å². The van der Waals surface area contributed by atoms with E-state index in [9.17, 15) is 25.0 Å². The van der Waals surface area contributed by atoms with Gasteiger partial charge in [0, 0.05) is 22.8 Å². The third-order valence-electron chi connectivity index (χ3n) is 5.85. The summed E-state index contributed by atoms with van der Waals surface area (Å²) < 4.78 is 10.1. The number of nitriles is 1. The minimum Gasteiger partial charge on any atom is -0.466 e. The average molecular weight is 544 g/mol. The lowest BCUT2D eigenvalue weighted by atomic mass is 9.81. The molecule has 0 amide bonds. The summed E-state index contributed by atoms with van der Waals surface area (Å²) in [5.41, 5.74) is 6.88. The summed E-state index contributed by atoms with van der Waals surface area (Å²) in [4.78, 5) is 43.2. The Kier molecular flexibility index (Phi) is 7.93. The molecule has 0 bridgehead atoms. The predicted molar refractivity (Wildman–Crippen MR) is 141 cm³/mol. The van der Waals surface area contributed by atoms with Crippen LogP contribution in [-0.2, 0) is 19.1 Å². The van der Waals surface area contributed by atoms with E-state index in [0.717, 1.165) is 18.9 Å². The van der Waals surface area contributed by atoms with E-state index in [1.54, 1.807) is 54.6 Å². The second-order valence-corrected chi connectivity index (χ2v) is 9.08. The van der Waals surface area contributed by atoms with Gasteiger partial charge < -0.3 is 15.2 Å². The highest BCUT2D eigenvalue weighted by molar-refractivity contribution is 7.99. The minimum atomic E-state index is -0.997. The Morgan fingerprint density at radius 1 is 1.08 bits per heavy atom. The quantitative estimate of drug-likeness (QED) is 0.260. The number of carbonyl (C=O) groups excluding carboxylic acids is 2. The predicted octanol–water partition coefficient (Wildman–Crippen LogP) is 4.04. The van der Waals surface area contributed by atoms with Crippen LogP contribution in [0.5, 0.6) is 0 Å². The highest BCUT2D eigenvalue weighted by Gasteiger charge is 2.43. The maximum atomic E-state index is 13.2. The van der Waals surface area contributed by atoms with Gasteiger partial charge in [0.25, 0.3) is 0 Å². The monoisotopic (exact) mass is 543 g/mol. The van der Waals surface area contributed by atoms with Crippen LogP contribution in [0.4, 0.5) is 11.4 Å². The lowest BCUT2D eigenvalue weighted by Crippen LogP contribution is -2.40. The van der Waals surface area contributed by atoms with Crippen molar-refractivity contribution in [2.45, 2.75) is 15.8 Å². The zero-order chi connectivity index (χ0) is 28.1. The summed E-state index contributed by atoms with van der Waals surface area (Å²) in [6.07, 6.45) is 1.44. The van der Waals surface area contributed by atoms with Crippen molar-refractivity contribution in [2.75, 3.05) is 19.1 Å². The Bertz CT molecular complexity index is 1560. The van der Waals surface area contributed by atoms with Gasteiger partial charge in [0.05, 0.1) is 42.3 Å². The van der Waals surface area contributed by atoms with Crippen LogP contribution in [0, 0.1) is 21.4 Å². The second-order valence-electron chi connectivity index (χ2n) is 8.02. The number of anilines is 1. The molecule has 1 aromatic heterocycles. The molecule has 0 saturated carbocycles. The number of pyridine rings is 1. The van der Waals surface area contributed by atoms with Crippen LogP contribution in [0.25, 0.3) is 0 Å². The first-order valence-corrected chi connectivity index (χ1v) is 12.2. The molecular formula is C27H21N5O6S. The zero-order valence-electron chi connectivity index (χ0n) is 20.7. The Hall–Kier alpha value is -5.15. The first-order valence-electron chi connectivity index (χ1n) is 11.3. The van der Waals surface area contributed by atoms with Crippen LogP contribution >= 0.6 is 11.8 Å². The van der Waals surface area contributed by atoms with E-state index in [0.29, 0.717) is 16.1 Å². The second kappa shape index (κ2) is 11.5. The van der Waals surface area contributed by atoms with Crippen LogP contribution in [0.2, 0.25) is 0 Å². The number of nitrogens with two attached hydrogens (primary N) is 1. The van der Waals surface area contributed by atoms with Gasteiger partial charge in [0.15, 0.2) is 5.03 Å². The summed E-state index contributed by atoms with van der Waals surface area (Å²) in [7, 11) is 2.33. The van der Waals surface area contributed by atoms with Gasteiger partial charge in [-0.1, -0.05) is 48.2 Å². The van der Waals surface area contributed by atoms with Crippen LogP contribution in [0.3, 0.4) is 0 Å². The third-order valence-corrected chi connectivity index (χ3v) is 6.85. The van der Waals surface area contributed by atoms with E-state index in [4.69, 9.17) is 15.2 Å². The summed E-state index contributed by atoms with van der Waals surface area (Å²) in [5.74, 6) is -2.81. The lowest BCUT2D eigenvalue weighted by Gasteiger charge is -2.36. The highest BCUT2D eigenvalue weighted by atomic mass is 32.2. The standard InChI is InChI=1S/C27H21N5O6S/c1-37-26(33)22-21(16-8-4-3-5-9-16)19(15-28)24(29)31(23(22)27(34)38-2)17-10-6-11-18(14-17)39-25-20(32(35)36)12-7-13-30-25/h3-14,21H,29H2,1-2H3. The molecule has 1 aliphatic rings. The van der Waals surface area contributed by atoms with Crippen molar-refractivity contribution in [3.05, 3.63) is 111 Å². The number of hydrogen-bond acceptors (Lipinski definition) is 11. The fraction of sp³-hybridized carbons (Fsp3) is 0.111. The van der Waals surface area contributed by atoms with Gasteiger partial charge in [-0.15, -0.1) is 0 Å². The SMILES string of the molecule is COC(=O)C1=C(C(=O)OC)N(c2cccc(Sc3ncccc3[N+](=O)[O-])c2)C(N)=C(C#N)C1c1ccccc1. The fourth-order valence-corrected chi connectivity index (χ4v) is 5.09. The maximum Gasteiger partial charge on any atom is 0.355 e. The Balaban J connectivity index is 1.93. The van der Waals surface area contributed by atoms with Crippen molar-refractivity contribution >= 4 is 35.1 Å². The largest absolute Gasteiger partial charge is 0.466 e. The Morgan fingerprint density at radius 2 is 1.79 bits per heavy atom. The van der Waals surface area contributed by atoms with Crippen molar-refractivity contribution in [3.63, 3.8) is 0 Å². The molecule has 0 spiro atoms.